The summed E-state index contributed by atoms with van der Waals surface area (Å²) in [6.07, 6.45) is -4.70. The van der Waals surface area contributed by atoms with Crippen molar-refractivity contribution in [3.05, 3.63) is 105 Å². The Morgan fingerprint density at radius 1 is 0.889 bits per heavy atom. The molecule has 0 radical (unpaired) electrons. The summed E-state index contributed by atoms with van der Waals surface area (Å²) < 4.78 is 72.8. The first kappa shape index (κ1) is 25.0. The number of hydrogen-bond acceptors (Lipinski definition) is 5. The van der Waals surface area contributed by atoms with Gasteiger partial charge >= 0.3 is 17.8 Å². The lowest BCUT2D eigenvalue weighted by atomic mass is 10.0. The summed E-state index contributed by atoms with van der Waals surface area (Å²) in [6, 6.07) is 16.3. The van der Waals surface area contributed by atoms with Crippen molar-refractivity contribution in [2.24, 2.45) is 0 Å². The van der Waals surface area contributed by atoms with Gasteiger partial charge in [-0.15, -0.1) is 0 Å². The van der Waals surface area contributed by atoms with E-state index in [2.05, 4.69) is 4.72 Å². The van der Waals surface area contributed by atoms with Crippen LogP contribution in [-0.4, -0.2) is 19.5 Å². The fourth-order valence-electron chi connectivity index (χ4n) is 3.66. The highest BCUT2D eigenvalue weighted by molar-refractivity contribution is 7.92. The van der Waals surface area contributed by atoms with E-state index in [4.69, 9.17) is 9.52 Å². The van der Waals surface area contributed by atoms with Gasteiger partial charge in [0.15, 0.2) is 0 Å². The summed E-state index contributed by atoms with van der Waals surface area (Å²) >= 11 is 0. The first-order chi connectivity index (χ1) is 16.9. The van der Waals surface area contributed by atoms with E-state index in [0.717, 1.165) is 0 Å². The Balaban J connectivity index is 1.53. The smallest absolute Gasteiger partial charge is 0.417 e. The van der Waals surface area contributed by atoms with Gasteiger partial charge in [-0.25, -0.2) is 13.2 Å². The standard InChI is InChI=1S/C25H18F3NO6S/c26-25(27,28)21-14-24(32)35-22-10-5-17(12-20(21)22)11-15-3-8-19(9-4-15)36(33,34)29-18-6-1-16(2-7-18)13-23(30)31/h1-10,12,14,29H,11,13H2,(H,30,31). The lowest BCUT2D eigenvalue weighted by Crippen LogP contribution is -2.13. The molecule has 0 spiro atoms. The molecule has 36 heavy (non-hydrogen) atoms. The number of carbonyl (C=O) groups is 1. The van der Waals surface area contributed by atoms with E-state index >= 15 is 0 Å². The Kier molecular flexibility index (Phi) is 6.59. The van der Waals surface area contributed by atoms with Crippen molar-refractivity contribution < 1.29 is 35.9 Å². The van der Waals surface area contributed by atoms with Gasteiger partial charge in [0.1, 0.15) is 5.58 Å². The average molecular weight is 517 g/mol. The third kappa shape index (κ3) is 5.74. The molecule has 0 unspecified atom stereocenters. The molecule has 2 N–H and O–H groups in total. The minimum Gasteiger partial charge on any atom is -0.481 e. The molecular formula is C25H18F3NO6S. The number of hydrogen-bond donors (Lipinski definition) is 2. The zero-order valence-corrected chi connectivity index (χ0v) is 19.2. The molecule has 11 heteroatoms. The van der Waals surface area contributed by atoms with Crippen molar-refractivity contribution in [3.8, 4) is 0 Å². The maximum Gasteiger partial charge on any atom is 0.417 e. The number of fused-ring (bicyclic) bond motifs is 1. The Hall–Kier alpha value is -4.12. The van der Waals surface area contributed by atoms with Gasteiger partial charge in [0.25, 0.3) is 10.0 Å². The third-order valence-corrected chi connectivity index (χ3v) is 6.71. The van der Waals surface area contributed by atoms with Crippen LogP contribution in [0.4, 0.5) is 18.9 Å². The maximum absolute atomic E-state index is 13.4. The highest BCUT2D eigenvalue weighted by atomic mass is 32.2. The topological polar surface area (TPSA) is 114 Å². The van der Waals surface area contributed by atoms with Gasteiger partial charge in [0.05, 0.1) is 16.9 Å². The zero-order chi connectivity index (χ0) is 26.1. The normalized spacial score (nSPS) is 12.0. The molecule has 0 fully saturated rings. The number of alkyl halides is 3. The largest absolute Gasteiger partial charge is 0.481 e. The van der Waals surface area contributed by atoms with E-state index in [1.165, 1.54) is 54.6 Å². The molecule has 1 aromatic heterocycles. The second kappa shape index (κ2) is 9.50. The minimum atomic E-state index is -4.73. The number of nitrogens with one attached hydrogen (secondary N) is 1. The lowest BCUT2D eigenvalue weighted by molar-refractivity contribution is -0.137. The number of anilines is 1. The van der Waals surface area contributed by atoms with Crippen LogP contribution in [-0.2, 0) is 33.8 Å². The molecule has 0 aliphatic rings. The molecular weight excluding hydrogens is 499 g/mol. The van der Waals surface area contributed by atoms with Crippen molar-refractivity contribution in [1.29, 1.82) is 0 Å². The molecule has 186 valence electrons. The highest BCUT2D eigenvalue weighted by Crippen LogP contribution is 2.34. The van der Waals surface area contributed by atoms with Crippen LogP contribution in [0.3, 0.4) is 0 Å². The fourth-order valence-corrected chi connectivity index (χ4v) is 4.71. The van der Waals surface area contributed by atoms with Gasteiger partial charge in [-0.2, -0.15) is 13.2 Å². The van der Waals surface area contributed by atoms with Gasteiger partial charge < -0.3 is 9.52 Å². The predicted octanol–water partition coefficient (Wildman–Crippen LogP) is 4.83. The number of benzene rings is 3. The molecule has 7 nitrogen and oxygen atoms in total. The molecule has 0 atom stereocenters. The second-order valence-electron chi connectivity index (χ2n) is 8.00. The van der Waals surface area contributed by atoms with Crippen LogP contribution in [0.25, 0.3) is 11.0 Å². The van der Waals surface area contributed by atoms with E-state index in [1.54, 1.807) is 12.1 Å². The molecule has 0 bridgehead atoms. The molecule has 4 aromatic rings. The van der Waals surface area contributed by atoms with Crippen LogP contribution >= 0.6 is 0 Å². The predicted molar refractivity (Wildman–Crippen MR) is 125 cm³/mol. The van der Waals surface area contributed by atoms with Crippen LogP contribution < -0.4 is 10.3 Å². The summed E-state index contributed by atoms with van der Waals surface area (Å²) in [5, 5.41) is 8.58. The second-order valence-corrected chi connectivity index (χ2v) is 9.68. The Morgan fingerprint density at radius 2 is 1.50 bits per heavy atom. The highest BCUT2D eigenvalue weighted by Gasteiger charge is 2.33. The fraction of sp³-hybridized carbons (Fsp3) is 0.120. The Bertz CT molecular complexity index is 1590. The minimum absolute atomic E-state index is 0.0273. The summed E-state index contributed by atoms with van der Waals surface area (Å²) in [5.41, 5.74) is -0.413. The zero-order valence-electron chi connectivity index (χ0n) is 18.4. The summed E-state index contributed by atoms with van der Waals surface area (Å²) in [7, 11) is -3.93. The quantitative estimate of drug-likeness (QED) is 0.340. The van der Waals surface area contributed by atoms with Crippen LogP contribution in [0.15, 0.2) is 86.9 Å². The monoisotopic (exact) mass is 517 g/mol. The van der Waals surface area contributed by atoms with Gasteiger partial charge in [-0.3, -0.25) is 9.52 Å². The van der Waals surface area contributed by atoms with Crippen molar-refractivity contribution in [1.82, 2.24) is 0 Å². The van der Waals surface area contributed by atoms with Gasteiger partial charge in [0, 0.05) is 17.1 Å². The van der Waals surface area contributed by atoms with E-state index in [9.17, 15) is 31.2 Å². The van der Waals surface area contributed by atoms with Crippen LogP contribution in [0.1, 0.15) is 22.3 Å². The molecule has 4 rings (SSSR count). The SMILES string of the molecule is O=C(O)Cc1ccc(NS(=O)(=O)c2ccc(Cc3ccc4oc(=O)cc(C(F)(F)F)c4c3)cc2)cc1. The summed E-state index contributed by atoms with van der Waals surface area (Å²) in [5.74, 6) is -1.00. The molecule has 0 saturated heterocycles. The molecule has 0 aliphatic carbocycles. The molecule has 1 heterocycles. The first-order valence-corrected chi connectivity index (χ1v) is 12.0. The van der Waals surface area contributed by atoms with Gasteiger partial charge in [-0.05, 0) is 59.5 Å². The van der Waals surface area contributed by atoms with Crippen LogP contribution in [0.5, 0.6) is 0 Å². The number of rotatable bonds is 7. The molecule has 0 saturated carbocycles. The number of sulfonamides is 1. The number of carboxylic acid groups (broad SMARTS) is 1. The third-order valence-electron chi connectivity index (χ3n) is 5.32. The lowest BCUT2D eigenvalue weighted by Gasteiger charge is -2.11. The van der Waals surface area contributed by atoms with Crippen molar-refractivity contribution in [2.75, 3.05) is 4.72 Å². The number of carboxylic acids is 1. The summed E-state index contributed by atoms with van der Waals surface area (Å²) in [6.45, 7) is 0. The van der Waals surface area contributed by atoms with Gasteiger partial charge in [0.2, 0.25) is 0 Å². The first-order valence-electron chi connectivity index (χ1n) is 10.5. The van der Waals surface area contributed by atoms with E-state index in [1.807, 2.05) is 0 Å². The molecule has 3 aromatic carbocycles. The molecule has 0 aliphatic heterocycles. The Labute approximate surface area is 202 Å². The molecule has 0 amide bonds. The van der Waals surface area contributed by atoms with Crippen LogP contribution in [0, 0.1) is 0 Å². The summed E-state index contributed by atoms with van der Waals surface area (Å²) in [4.78, 5) is 22.2. The van der Waals surface area contributed by atoms with Crippen LogP contribution in [0.2, 0.25) is 0 Å². The average Bonchev–Trinajstić information content (AvgIpc) is 2.79. The van der Waals surface area contributed by atoms with Crippen molar-refractivity contribution in [2.45, 2.75) is 23.9 Å². The van der Waals surface area contributed by atoms with E-state index in [0.29, 0.717) is 22.8 Å². The Morgan fingerprint density at radius 3 is 2.11 bits per heavy atom. The van der Waals surface area contributed by atoms with Gasteiger partial charge in [-0.1, -0.05) is 30.3 Å². The van der Waals surface area contributed by atoms with Crippen molar-refractivity contribution >= 4 is 32.6 Å². The maximum atomic E-state index is 13.4. The van der Waals surface area contributed by atoms with Crippen molar-refractivity contribution in [3.63, 3.8) is 0 Å². The number of aliphatic carboxylic acids is 1. The van der Waals surface area contributed by atoms with E-state index < -0.39 is 33.4 Å². The van der Waals surface area contributed by atoms with E-state index in [-0.39, 0.29) is 34.4 Å². The number of halogens is 3.